The zero-order valence-corrected chi connectivity index (χ0v) is 8.67. The Morgan fingerprint density at radius 3 is 2.57 bits per heavy atom. The molecule has 0 atom stereocenters. The van der Waals surface area contributed by atoms with Crippen LogP contribution in [0.15, 0.2) is 24.3 Å². The average molecular weight is 211 g/mol. The van der Waals surface area contributed by atoms with Crippen molar-refractivity contribution in [3.63, 3.8) is 0 Å². The van der Waals surface area contributed by atoms with E-state index in [9.17, 15) is 0 Å². The third-order valence-electron chi connectivity index (χ3n) is 1.50. The largest absolute Gasteiger partial charge is 0.468 e. The van der Waals surface area contributed by atoms with Gasteiger partial charge in [-0.1, -0.05) is 11.8 Å². The number of benzene rings is 1. The van der Waals surface area contributed by atoms with E-state index in [4.69, 9.17) is 21.1 Å². The quantitative estimate of drug-likeness (QED) is 0.433. The maximum Gasteiger partial charge on any atom is 0.188 e. The molecule has 0 saturated carbocycles. The lowest BCUT2D eigenvalue weighted by atomic mass is 10.2. The highest BCUT2D eigenvalue weighted by Gasteiger charge is 1.91. The van der Waals surface area contributed by atoms with Gasteiger partial charge < -0.3 is 9.47 Å². The van der Waals surface area contributed by atoms with Gasteiger partial charge in [-0.15, -0.1) is 11.6 Å². The van der Waals surface area contributed by atoms with Crippen molar-refractivity contribution in [3.8, 4) is 17.6 Å². The van der Waals surface area contributed by atoms with Crippen LogP contribution in [-0.2, 0) is 4.74 Å². The second-order valence-electron chi connectivity index (χ2n) is 2.51. The Kier molecular flexibility index (Phi) is 4.92. The van der Waals surface area contributed by atoms with Crippen molar-refractivity contribution in [2.45, 2.75) is 0 Å². The molecule has 0 aliphatic rings. The number of methoxy groups -OCH3 is 1. The van der Waals surface area contributed by atoms with Gasteiger partial charge in [0.2, 0.25) is 0 Å². The zero-order chi connectivity index (χ0) is 10.2. The Morgan fingerprint density at radius 1 is 1.29 bits per heavy atom. The van der Waals surface area contributed by atoms with Gasteiger partial charge in [0.1, 0.15) is 5.75 Å². The molecule has 0 heterocycles. The van der Waals surface area contributed by atoms with E-state index in [0.29, 0.717) is 5.88 Å². The standard InChI is InChI=1S/C11H11ClO2/c1-13-9-14-11-6-4-10(5-7-11)3-2-8-12/h4-7H,8-9H2,1H3. The molecule has 0 spiro atoms. The third kappa shape index (κ3) is 3.69. The summed E-state index contributed by atoms with van der Waals surface area (Å²) in [5.74, 6) is 6.80. The SMILES string of the molecule is COCOc1ccc(C#CCCl)cc1. The van der Waals surface area contributed by atoms with Crippen molar-refractivity contribution in [3.05, 3.63) is 29.8 Å². The molecule has 0 bridgehead atoms. The highest BCUT2D eigenvalue weighted by molar-refractivity contribution is 6.19. The maximum atomic E-state index is 5.44. The number of halogens is 1. The minimum atomic E-state index is 0.257. The van der Waals surface area contributed by atoms with Crippen LogP contribution in [-0.4, -0.2) is 19.8 Å². The van der Waals surface area contributed by atoms with Gasteiger partial charge in [0, 0.05) is 12.7 Å². The predicted molar refractivity (Wildman–Crippen MR) is 56.5 cm³/mol. The minimum absolute atomic E-state index is 0.257. The second kappa shape index (κ2) is 6.31. The number of rotatable bonds is 3. The Labute approximate surface area is 88.8 Å². The van der Waals surface area contributed by atoms with E-state index in [1.54, 1.807) is 7.11 Å². The molecule has 0 aliphatic carbocycles. The first kappa shape index (κ1) is 10.9. The van der Waals surface area contributed by atoms with Crippen molar-refractivity contribution in [2.75, 3.05) is 19.8 Å². The molecule has 1 rings (SSSR count). The highest BCUT2D eigenvalue weighted by atomic mass is 35.5. The molecule has 0 amide bonds. The molecule has 0 fully saturated rings. The lowest BCUT2D eigenvalue weighted by Gasteiger charge is -2.03. The fourth-order valence-corrected chi connectivity index (χ4v) is 0.964. The molecule has 0 aromatic heterocycles. The second-order valence-corrected chi connectivity index (χ2v) is 2.78. The van der Waals surface area contributed by atoms with Crippen molar-refractivity contribution in [1.29, 1.82) is 0 Å². The molecule has 1 aromatic carbocycles. The van der Waals surface area contributed by atoms with Gasteiger partial charge in [0.05, 0.1) is 5.88 Å². The summed E-state index contributed by atoms with van der Waals surface area (Å²) in [6.07, 6.45) is 0. The molecule has 74 valence electrons. The summed E-state index contributed by atoms with van der Waals surface area (Å²) in [5.41, 5.74) is 0.926. The van der Waals surface area contributed by atoms with E-state index in [2.05, 4.69) is 11.8 Å². The molecular weight excluding hydrogens is 200 g/mol. The van der Waals surface area contributed by atoms with E-state index >= 15 is 0 Å². The van der Waals surface area contributed by atoms with Crippen LogP contribution in [0.3, 0.4) is 0 Å². The normalized spacial score (nSPS) is 9.00. The maximum absolute atomic E-state index is 5.44. The molecule has 1 aromatic rings. The lowest BCUT2D eigenvalue weighted by molar-refractivity contribution is 0.0511. The Hall–Kier alpha value is -1.17. The van der Waals surface area contributed by atoms with Crippen LogP contribution in [0.4, 0.5) is 0 Å². The molecule has 0 aliphatic heterocycles. The smallest absolute Gasteiger partial charge is 0.188 e. The van der Waals surface area contributed by atoms with Crippen molar-refractivity contribution >= 4 is 11.6 Å². The first-order valence-corrected chi connectivity index (χ1v) is 4.67. The molecule has 14 heavy (non-hydrogen) atoms. The molecule has 0 N–H and O–H groups in total. The number of alkyl halides is 1. The topological polar surface area (TPSA) is 18.5 Å². The lowest BCUT2D eigenvalue weighted by Crippen LogP contribution is -1.98. The summed E-state index contributed by atoms with van der Waals surface area (Å²) in [6.45, 7) is 0.257. The van der Waals surface area contributed by atoms with Gasteiger partial charge >= 0.3 is 0 Å². The Morgan fingerprint density at radius 2 is 2.00 bits per heavy atom. The van der Waals surface area contributed by atoms with Crippen LogP contribution in [0.2, 0.25) is 0 Å². The summed E-state index contributed by atoms with van der Waals surface area (Å²) >= 11 is 5.44. The van der Waals surface area contributed by atoms with Gasteiger partial charge in [-0.3, -0.25) is 0 Å². The molecule has 0 radical (unpaired) electrons. The first-order valence-electron chi connectivity index (χ1n) is 4.13. The van der Waals surface area contributed by atoms with Gasteiger partial charge in [-0.2, -0.15) is 0 Å². The molecule has 2 nitrogen and oxygen atoms in total. The minimum Gasteiger partial charge on any atom is -0.468 e. The summed E-state index contributed by atoms with van der Waals surface area (Å²) in [7, 11) is 1.58. The van der Waals surface area contributed by atoms with Crippen LogP contribution < -0.4 is 4.74 Å². The van der Waals surface area contributed by atoms with Gasteiger partial charge in [-0.05, 0) is 24.3 Å². The molecular formula is C11H11ClO2. The van der Waals surface area contributed by atoms with Gasteiger partial charge in [-0.25, -0.2) is 0 Å². The van der Waals surface area contributed by atoms with E-state index < -0.39 is 0 Å². The van der Waals surface area contributed by atoms with Crippen LogP contribution in [0.5, 0.6) is 5.75 Å². The summed E-state index contributed by atoms with van der Waals surface area (Å²) in [6, 6.07) is 7.45. The van der Waals surface area contributed by atoms with E-state index in [1.165, 1.54) is 0 Å². The van der Waals surface area contributed by atoms with Crippen LogP contribution in [0.1, 0.15) is 5.56 Å². The molecule has 0 saturated heterocycles. The van der Waals surface area contributed by atoms with E-state index in [0.717, 1.165) is 11.3 Å². The van der Waals surface area contributed by atoms with Gasteiger partial charge in [0.15, 0.2) is 6.79 Å². The Balaban J connectivity index is 2.59. The number of hydrogen-bond acceptors (Lipinski definition) is 2. The van der Waals surface area contributed by atoms with Crippen molar-refractivity contribution < 1.29 is 9.47 Å². The van der Waals surface area contributed by atoms with Crippen molar-refractivity contribution in [1.82, 2.24) is 0 Å². The summed E-state index contributed by atoms with van der Waals surface area (Å²) in [5, 5.41) is 0. The molecule has 3 heteroatoms. The summed E-state index contributed by atoms with van der Waals surface area (Å²) in [4.78, 5) is 0. The van der Waals surface area contributed by atoms with Crippen LogP contribution in [0, 0.1) is 11.8 Å². The van der Waals surface area contributed by atoms with Gasteiger partial charge in [0.25, 0.3) is 0 Å². The number of hydrogen-bond donors (Lipinski definition) is 0. The average Bonchev–Trinajstić information content (AvgIpc) is 2.25. The predicted octanol–water partition coefficient (Wildman–Crippen LogP) is 2.26. The summed E-state index contributed by atoms with van der Waals surface area (Å²) < 4.78 is 9.99. The highest BCUT2D eigenvalue weighted by Crippen LogP contribution is 2.11. The van der Waals surface area contributed by atoms with E-state index in [1.807, 2.05) is 24.3 Å². The third-order valence-corrected chi connectivity index (χ3v) is 1.63. The first-order chi connectivity index (χ1) is 6.86. The van der Waals surface area contributed by atoms with Crippen LogP contribution in [0.25, 0.3) is 0 Å². The van der Waals surface area contributed by atoms with Crippen molar-refractivity contribution in [2.24, 2.45) is 0 Å². The van der Waals surface area contributed by atoms with Crippen LogP contribution >= 0.6 is 11.6 Å². The fraction of sp³-hybridized carbons (Fsp3) is 0.273. The monoisotopic (exact) mass is 210 g/mol. The Bertz CT molecular complexity index is 321. The zero-order valence-electron chi connectivity index (χ0n) is 7.92. The fourth-order valence-electron chi connectivity index (χ4n) is 0.897. The van der Waals surface area contributed by atoms with E-state index in [-0.39, 0.29) is 6.79 Å². The number of ether oxygens (including phenoxy) is 2. The molecule has 0 unspecified atom stereocenters.